The number of benzene rings is 2. The Hall–Kier alpha value is -1.67. The summed E-state index contributed by atoms with van der Waals surface area (Å²) in [6.07, 6.45) is 0. The molecule has 16 heavy (non-hydrogen) atoms. The van der Waals surface area contributed by atoms with Crippen molar-refractivity contribution in [1.29, 1.82) is 0 Å². The molecular weight excluding hydrogens is 222 g/mol. The fraction of sp³-hybridized carbons (Fsp3) is 0.0769. The normalized spacial score (nSPS) is 10.1. The molecule has 2 N–H and O–H groups in total. The third-order valence-corrected chi connectivity index (χ3v) is 2.55. The van der Waals surface area contributed by atoms with Crippen LogP contribution < -0.4 is 10.5 Å². The van der Waals surface area contributed by atoms with Crippen molar-refractivity contribution in [3.63, 3.8) is 0 Å². The van der Waals surface area contributed by atoms with E-state index in [0.717, 1.165) is 22.7 Å². The molecule has 0 bridgehead atoms. The van der Waals surface area contributed by atoms with E-state index in [4.69, 9.17) is 22.1 Å². The van der Waals surface area contributed by atoms with Crippen LogP contribution in [0.4, 0.5) is 5.69 Å². The van der Waals surface area contributed by atoms with Crippen molar-refractivity contribution in [1.82, 2.24) is 0 Å². The summed E-state index contributed by atoms with van der Waals surface area (Å²) < 4.78 is 5.63. The van der Waals surface area contributed by atoms with Crippen LogP contribution in [0.3, 0.4) is 0 Å². The third kappa shape index (κ3) is 2.47. The number of halogens is 1. The first-order valence-electron chi connectivity index (χ1n) is 4.95. The lowest BCUT2D eigenvalue weighted by Gasteiger charge is -2.07. The molecule has 0 amide bonds. The summed E-state index contributed by atoms with van der Waals surface area (Å²) in [5, 5.41) is 0.691. The highest BCUT2D eigenvalue weighted by Gasteiger charge is 1.99. The van der Waals surface area contributed by atoms with Crippen molar-refractivity contribution in [2.45, 2.75) is 6.92 Å². The number of aryl methyl sites for hydroxylation is 1. The van der Waals surface area contributed by atoms with E-state index in [1.165, 1.54) is 0 Å². The molecule has 0 aromatic heterocycles. The smallest absolute Gasteiger partial charge is 0.129 e. The van der Waals surface area contributed by atoms with E-state index in [0.29, 0.717) is 5.02 Å². The van der Waals surface area contributed by atoms with Gasteiger partial charge in [-0.2, -0.15) is 0 Å². The first kappa shape index (κ1) is 10.8. The van der Waals surface area contributed by atoms with Gasteiger partial charge in [0.05, 0.1) is 0 Å². The van der Waals surface area contributed by atoms with Crippen LogP contribution in [-0.4, -0.2) is 0 Å². The minimum Gasteiger partial charge on any atom is -0.457 e. The molecule has 0 unspecified atom stereocenters. The van der Waals surface area contributed by atoms with Crippen molar-refractivity contribution in [3.8, 4) is 11.5 Å². The van der Waals surface area contributed by atoms with Gasteiger partial charge in [-0.25, -0.2) is 0 Å². The number of hydrogen-bond acceptors (Lipinski definition) is 2. The minimum atomic E-state index is 0.691. The van der Waals surface area contributed by atoms with Crippen LogP contribution in [-0.2, 0) is 0 Å². The van der Waals surface area contributed by atoms with E-state index in [1.807, 2.05) is 37.3 Å². The van der Waals surface area contributed by atoms with Gasteiger partial charge in [0.15, 0.2) is 0 Å². The molecule has 0 saturated carbocycles. The van der Waals surface area contributed by atoms with E-state index >= 15 is 0 Å². The fourth-order valence-electron chi connectivity index (χ4n) is 1.32. The number of anilines is 1. The average Bonchev–Trinajstić information content (AvgIpc) is 2.27. The Kier molecular flexibility index (Phi) is 3.02. The lowest BCUT2D eigenvalue weighted by atomic mass is 10.2. The van der Waals surface area contributed by atoms with Gasteiger partial charge in [0.1, 0.15) is 11.5 Å². The van der Waals surface area contributed by atoms with Crippen LogP contribution in [0, 0.1) is 6.92 Å². The predicted molar refractivity (Wildman–Crippen MR) is 67.1 cm³/mol. The second-order valence-electron chi connectivity index (χ2n) is 3.57. The highest BCUT2D eigenvalue weighted by Crippen LogP contribution is 2.25. The molecule has 2 nitrogen and oxygen atoms in total. The SMILES string of the molecule is Cc1ccc(Oc2ccc(Cl)cc2)cc1N. The Morgan fingerprint density at radius 1 is 1.00 bits per heavy atom. The molecule has 3 heteroatoms. The molecule has 82 valence electrons. The van der Waals surface area contributed by atoms with Gasteiger partial charge >= 0.3 is 0 Å². The van der Waals surface area contributed by atoms with Gasteiger partial charge in [-0.05, 0) is 42.8 Å². The second kappa shape index (κ2) is 4.45. The van der Waals surface area contributed by atoms with Crippen molar-refractivity contribution in [2.75, 3.05) is 5.73 Å². The Balaban J connectivity index is 2.20. The molecule has 0 heterocycles. The molecule has 0 aliphatic rings. The summed E-state index contributed by atoms with van der Waals surface area (Å²) in [5.41, 5.74) is 7.57. The van der Waals surface area contributed by atoms with Crippen molar-refractivity contribution >= 4 is 17.3 Å². The largest absolute Gasteiger partial charge is 0.457 e. The van der Waals surface area contributed by atoms with Crippen molar-refractivity contribution in [2.24, 2.45) is 0 Å². The zero-order chi connectivity index (χ0) is 11.5. The van der Waals surface area contributed by atoms with Crippen LogP contribution in [0.1, 0.15) is 5.56 Å². The van der Waals surface area contributed by atoms with Crippen LogP contribution in [0.2, 0.25) is 5.02 Å². The van der Waals surface area contributed by atoms with Gasteiger partial charge in [-0.15, -0.1) is 0 Å². The summed E-state index contributed by atoms with van der Waals surface area (Å²) in [7, 11) is 0. The van der Waals surface area contributed by atoms with Gasteiger partial charge in [-0.3, -0.25) is 0 Å². The number of nitrogen functional groups attached to an aromatic ring is 1. The Morgan fingerprint density at radius 3 is 2.25 bits per heavy atom. The Bertz CT molecular complexity index is 494. The summed E-state index contributed by atoms with van der Waals surface area (Å²) >= 11 is 5.79. The molecule has 2 aromatic carbocycles. The molecule has 0 aliphatic carbocycles. The van der Waals surface area contributed by atoms with Gasteiger partial charge in [-0.1, -0.05) is 17.7 Å². The first-order valence-corrected chi connectivity index (χ1v) is 5.32. The quantitative estimate of drug-likeness (QED) is 0.795. The lowest BCUT2D eigenvalue weighted by molar-refractivity contribution is 0.483. The van der Waals surface area contributed by atoms with Crippen molar-refractivity contribution in [3.05, 3.63) is 53.1 Å². The first-order chi connectivity index (χ1) is 7.65. The van der Waals surface area contributed by atoms with E-state index < -0.39 is 0 Å². The summed E-state index contributed by atoms with van der Waals surface area (Å²) in [4.78, 5) is 0. The van der Waals surface area contributed by atoms with Crippen LogP contribution in [0.15, 0.2) is 42.5 Å². The standard InChI is InChI=1S/C13H12ClNO/c1-9-2-5-12(8-13(9)15)16-11-6-3-10(14)4-7-11/h2-8H,15H2,1H3. The highest BCUT2D eigenvalue weighted by molar-refractivity contribution is 6.30. The topological polar surface area (TPSA) is 35.2 Å². The average molecular weight is 234 g/mol. The van der Waals surface area contributed by atoms with E-state index in [2.05, 4.69) is 0 Å². The molecular formula is C13H12ClNO. The van der Waals surface area contributed by atoms with E-state index in [1.54, 1.807) is 12.1 Å². The van der Waals surface area contributed by atoms with E-state index in [9.17, 15) is 0 Å². The maximum absolute atomic E-state index is 5.80. The summed E-state index contributed by atoms with van der Waals surface area (Å²) in [6.45, 7) is 1.96. The predicted octanol–water partition coefficient (Wildman–Crippen LogP) is 4.02. The Morgan fingerprint density at radius 2 is 1.62 bits per heavy atom. The monoisotopic (exact) mass is 233 g/mol. The molecule has 0 atom stereocenters. The van der Waals surface area contributed by atoms with Gasteiger partial charge in [0.25, 0.3) is 0 Å². The lowest BCUT2D eigenvalue weighted by Crippen LogP contribution is -1.90. The molecule has 0 saturated heterocycles. The van der Waals surface area contributed by atoms with Crippen LogP contribution in [0.5, 0.6) is 11.5 Å². The van der Waals surface area contributed by atoms with Gasteiger partial charge in [0.2, 0.25) is 0 Å². The van der Waals surface area contributed by atoms with E-state index in [-0.39, 0.29) is 0 Å². The van der Waals surface area contributed by atoms with Crippen molar-refractivity contribution < 1.29 is 4.74 Å². The van der Waals surface area contributed by atoms with Crippen LogP contribution >= 0.6 is 11.6 Å². The van der Waals surface area contributed by atoms with Crippen LogP contribution in [0.25, 0.3) is 0 Å². The summed E-state index contributed by atoms with van der Waals surface area (Å²) in [5.74, 6) is 1.47. The number of ether oxygens (including phenoxy) is 1. The fourth-order valence-corrected chi connectivity index (χ4v) is 1.45. The number of rotatable bonds is 2. The zero-order valence-corrected chi connectivity index (χ0v) is 9.66. The second-order valence-corrected chi connectivity index (χ2v) is 4.01. The van der Waals surface area contributed by atoms with Gasteiger partial charge in [0, 0.05) is 16.8 Å². The molecule has 0 fully saturated rings. The third-order valence-electron chi connectivity index (χ3n) is 2.30. The summed E-state index contributed by atoms with van der Waals surface area (Å²) in [6, 6.07) is 12.8. The maximum Gasteiger partial charge on any atom is 0.129 e. The molecule has 2 aromatic rings. The molecule has 0 spiro atoms. The number of hydrogen-bond donors (Lipinski definition) is 1. The Labute approximate surface area is 99.6 Å². The minimum absolute atomic E-state index is 0.691. The zero-order valence-electron chi connectivity index (χ0n) is 8.91. The van der Waals surface area contributed by atoms with Gasteiger partial charge < -0.3 is 10.5 Å². The highest BCUT2D eigenvalue weighted by atomic mass is 35.5. The molecule has 0 radical (unpaired) electrons. The number of nitrogens with two attached hydrogens (primary N) is 1. The molecule has 2 rings (SSSR count). The molecule has 0 aliphatic heterocycles. The maximum atomic E-state index is 5.80.